The number of pyridine rings is 1. The minimum Gasteiger partial charge on any atom is -0.478 e. The smallest absolute Gasteiger partial charge is 0.338 e. The Kier molecular flexibility index (Phi) is 5.63. The number of hydrogen-bond donors (Lipinski definition) is 2. The van der Waals surface area contributed by atoms with Gasteiger partial charge < -0.3 is 5.11 Å². The Hall–Kier alpha value is -2.91. The van der Waals surface area contributed by atoms with E-state index in [0.717, 1.165) is 16.1 Å². The number of thiol groups is 1. The first kappa shape index (κ1) is 20.8. The second-order valence-electron chi connectivity index (χ2n) is 7.32. The minimum absolute atomic E-state index is 0.0553. The zero-order valence-electron chi connectivity index (χ0n) is 15.9. The molecule has 0 aliphatic rings. The lowest BCUT2D eigenvalue weighted by Crippen LogP contribution is -2.18. The topological polar surface area (TPSA) is 105 Å². The van der Waals surface area contributed by atoms with E-state index in [4.69, 9.17) is 16.7 Å². The van der Waals surface area contributed by atoms with E-state index < -0.39 is 16.9 Å². The molecule has 1 aromatic carbocycles. The van der Waals surface area contributed by atoms with Gasteiger partial charge in [0.2, 0.25) is 10.9 Å². The molecule has 8 nitrogen and oxygen atoms in total. The van der Waals surface area contributed by atoms with Gasteiger partial charge in [0.05, 0.1) is 22.5 Å². The number of nitrogens with zero attached hydrogens (tertiary/aromatic N) is 4. The molecule has 152 valence electrons. The predicted molar refractivity (Wildman–Crippen MR) is 111 cm³/mol. The number of benzene rings is 1. The normalized spacial score (nSPS) is 11.6. The van der Waals surface area contributed by atoms with Crippen LogP contribution in [0, 0.1) is 0 Å². The summed E-state index contributed by atoms with van der Waals surface area (Å²) in [5.74, 6) is -1.03. The van der Waals surface area contributed by atoms with Gasteiger partial charge in [0.1, 0.15) is 5.69 Å². The molecule has 0 bridgehead atoms. The van der Waals surface area contributed by atoms with Gasteiger partial charge in [-0.15, -0.1) is 0 Å². The highest BCUT2D eigenvalue weighted by Crippen LogP contribution is 2.33. The van der Waals surface area contributed by atoms with Gasteiger partial charge in [-0.3, -0.25) is 0 Å². The maximum Gasteiger partial charge on any atom is 0.338 e. The zero-order valence-corrected chi connectivity index (χ0v) is 17.6. The van der Waals surface area contributed by atoms with Crippen LogP contribution in [0.5, 0.6) is 0 Å². The Bertz CT molecular complexity index is 1130. The molecule has 0 fully saturated rings. The van der Waals surface area contributed by atoms with Gasteiger partial charge in [0, 0.05) is 12.4 Å². The molecule has 0 aliphatic carbocycles. The molecular weight excluding hydrogens is 416 g/mol. The van der Waals surface area contributed by atoms with Crippen molar-refractivity contribution in [2.45, 2.75) is 26.2 Å². The van der Waals surface area contributed by atoms with Crippen molar-refractivity contribution in [2.75, 3.05) is 4.31 Å². The third-order valence-corrected chi connectivity index (χ3v) is 5.21. The lowest BCUT2D eigenvalue weighted by Gasteiger charge is -2.23. The Labute approximate surface area is 174 Å². The maximum absolute atomic E-state index is 12.2. The molecule has 2 heterocycles. The van der Waals surface area contributed by atoms with E-state index in [0.29, 0.717) is 5.69 Å². The van der Waals surface area contributed by atoms with Crippen molar-refractivity contribution in [1.82, 2.24) is 14.8 Å². The molecule has 2 aromatic heterocycles. The number of halogens is 1. The fourth-order valence-electron chi connectivity index (χ4n) is 2.73. The van der Waals surface area contributed by atoms with Crippen LogP contribution in [-0.2, 0) is 16.3 Å². The van der Waals surface area contributed by atoms with Crippen LogP contribution in [0.1, 0.15) is 36.7 Å². The van der Waals surface area contributed by atoms with Crippen LogP contribution in [0.15, 0.2) is 48.9 Å². The van der Waals surface area contributed by atoms with Crippen LogP contribution in [0.4, 0.5) is 11.4 Å². The molecule has 1 N–H and O–H groups in total. The van der Waals surface area contributed by atoms with Crippen molar-refractivity contribution >= 4 is 39.8 Å². The number of aromatic nitrogens is 3. The molecule has 0 atom stereocenters. The largest absolute Gasteiger partial charge is 0.478 e. The van der Waals surface area contributed by atoms with Crippen molar-refractivity contribution in [3.63, 3.8) is 0 Å². The van der Waals surface area contributed by atoms with Gasteiger partial charge >= 0.3 is 5.97 Å². The number of rotatable bonds is 5. The van der Waals surface area contributed by atoms with Gasteiger partial charge in [0.15, 0.2) is 5.82 Å². The summed E-state index contributed by atoms with van der Waals surface area (Å²) in [5.41, 5.74) is 1.45. The summed E-state index contributed by atoms with van der Waals surface area (Å²) < 4.78 is 26.6. The third-order valence-electron chi connectivity index (χ3n) is 4.23. The van der Waals surface area contributed by atoms with Gasteiger partial charge in [0.25, 0.3) is 0 Å². The zero-order chi connectivity index (χ0) is 21.3. The molecule has 0 radical (unpaired) electrons. The summed E-state index contributed by atoms with van der Waals surface area (Å²) in [6, 6.07) is 8.55. The molecule has 3 rings (SSSR count). The number of hydrogen-bond acceptors (Lipinski definition) is 5. The summed E-state index contributed by atoms with van der Waals surface area (Å²) in [6.45, 7) is 6.18. The summed E-state index contributed by atoms with van der Waals surface area (Å²) in [7, 11) is -3.10. The van der Waals surface area contributed by atoms with Crippen molar-refractivity contribution in [1.29, 1.82) is 0 Å². The Morgan fingerprint density at radius 1 is 1.17 bits per heavy atom. The van der Waals surface area contributed by atoms with Crippen molar-refractivity contribution in [3.8, 4) is 5.82 Å². The molecule has 0 saturated heterocycles. The average molecular weight is 435 g/mol. The molecule has 10 heteroatoms. The molecule has 0 saturated carbocycles. The quantitative estimate of drug-likeness (QED) is 0.594. The van der Waals surface area contributed by atoms with E-state index in [-0.39, 0.29) is 27.5 Å². The summed E-state index contributed by atoms with van der Waals surface area (Å²) in [4.78, 5) is 15.3. The van der Waals surface area contributed by atoms with Crippen LogP contribution >= 0.6 is 11.6 Å². The summed E-state index contributed by atoms with van der Waals surface area (Å²) >= 11 is 6.07. The lowest BCUT2D eigenvalue weighted by molar-refractivity contribution is 0.0697. The molecule has 3 aromatic rings. The Morgan fingerprint density at radius 3 is 2.34 bits per heavy atom. The van der Waals surface area contributed by atoms with E-state index in [1.807, 2.05) is 12.1 Å². The lowest BCUT2D eigenvalue weighted by atomic mass is 9.87. The number of carboxylic acid groups (broad SMARTS) is 1. The first-order valence-electron chi connectivity index (χ1n) is 8.57. The molecule has 0 aliphatic heterocycles. The van der Waals surface area contributed by atoms with E-state index in [1.54, 1.807) is 12.1 Å². The van der Waals surface area contributed by atoms with Gasteiger partial charge in [-0.1, -0.05) is 44.5 Å². The highest BCUT2D eigenvalue weighted by atomic mass is 35.5. The number of anilines is 2. The van der Waals surface area contributed by atoms with Crippen molar-refractivity contribution < 1.29 is 18.3 Å². The number of carboxylic acids is 1. The molecule has 29 heavy (non-hydrogen) atoms. The fourth-order valence-corrected chi connectivity index (χ4v) is 3.52. The monoisotopic (exact) mass is 434 g/mol. The molecular formula is C19H19ClN4O4S. The van der Waals surface area contributed by atoms with E-state index in [1.165, 1.54) is 23.1 Å². The highest BCUT2D eigenvalue weighted by Gasteiger charge is 2.21. The van der Waals surface area contributed by atoms with Crippen molar-refractivity contribution in [3.05, 3.63) is 65.1 Å². The van der Waals surface area contributed by atoms with Crippen LogP contribution in [0.3, 0.4) is 0 Å². The standard InChI is InChI=1S/C19H19ClN4O4S/c1-19(2,3)13-4-6-15(7-5-13)24(29(27)28)16-8-14(20)10-21-17(16)23-11-12(9-22-23)18(25)26/h4-11,29H,1-3H3,(H,25,26). The van der Waals surface area contributed by atoms with Gasteiger partial charge in [-0.2, -0.15) is 5.10 Å². The number of aromatic carboxylic acids is 1. The SMILES string of the molecule is CC(C)(C)c1ccc(N(c2cc(Cl)cnc2-n2cc(C(=O)O)cn2)[SH](=O)=O)cc1. The van der Waals surface area contributed by atoms with Crippen LogP contribution in [0.2, 0.25) is 5.02 Å². The number of carbonyl (C=O) groups is 1. The molecule has 0 amide bonds. The Morgan fingerprint density at radius 2 is 1.83 bits per heavy atom. The minimum atomic E-state index is -3.10. The van der Waals surface area contributed by atoms with Crippen LogP contribution in [0.25, 0.3) is 5.82 Å². The van der Waals surface area contributed by atoms with Crippen molar-refractivity contribution in [2.24, 2.45) is 0 Å². The fraction of sp³-hybridized carbons (Fsp3) is 0.211. The highest BCUT2D eigenvalue weighted by molar-refractivity contribution is 7.74. The van der Waals surface area contributed by atoms with E-state index in [9.17, 15) is 13.2 Å². The second-order valence-corrected chi connectivity index (χ2v) is 8.63. The summed E-state index contributed by atoms with van der Waals surface area (Å²) in [6.07, 6.45) is 3.74. The van der Waals surface area contributed by atoms with Crippen LogP contribution < -0.4 is 4.31 Å². The first-order chi connectivity index (χ1) is 13.6. The predicted octanol–water partition coefficient (Wildman–Crippen LogP) is 3.58. The maximum atomic E-state index is 12.2. The van der Waals surface area contributed by atoms with Gasteiger partial charge in [-0.25, -0.2) is 27.2 Å². The van der Waals surface area contributed by atoms with E-state index >= 15 is 0 Å². The Balaban J connectivity index is 2.15. The van der Waals surface area contributed by atoms with Crippen LogP contribution in [-0.4, -0.2) is 34.3 Å². The third kappa shape index (κ3) is 4.41. The van der Waals surface area contributed by atoms with Gasteiger partial charge in [-0.05, 0) is 29.2 Å². The first-order valence-corrected chi connectivity index (χ1v) is 10.1. The average Bonchev–Trinajstić information content (AvgIpc) is 3.12. The summed E-state index contributed by atoms with van der Waals surface area (Å²) in [5, 5.41) is 13.3. The van der Waals surface area contributed by atoms with E-state index in [2.05, 4.69) is 30.9 Å². The second kappa shape index (κ2) is 7.84. The molecule has 0 unspecified atom stereocenters. The molecule has 0 spiro atoms.